The van der Waals surface area contributed by atoms with Crippen molar-refractivity contribution in [2.45, 2.75) is 25.7 Å². The van der Waals surface area contributed by atoms with Crippen LogP contribution in [0.15, 0.2) is 36.5 Å². The Labute approximate surface area is 154 Å². The Morgan fingerprint density at radius 2 is 2.04 bits per heavy atom. The van der Waals surface area contributed by atoms with Crippen molar-refractivity contribution in [3.8, 4) is 0 Å². The highest BCUT2D eigenvalue weighted by Gasteiger charge is 2.20. The second-order valence-corrected chi connectivity index (χ2v) is 7.10. The fourth-order valence-corrected chi connectivity index (χ4v) is 3.85. The Balaban J connectivity index is 1.38. The minimum atomic E-state index is 0.649. The van der Waals surface area contributed by atoms with Gasteiger partial charge in [-0.15, -0.1) is 0 Å². The molecule has 136 valence electrons. The highest BCUT2D eigenvalue weighted by atomic mass is 15.3. The molecule has 2 aromatic heterocycles. The molecule has 0 bridgehead atoms. The van der Waals surface area contributed by atoms with Crippen LogP contribution in [-0.2, 0) is 7.05 Å². The summed E-state index contributed by atoms with van der Waals surface area (Å²) in [6.07, 6.45) is 4.39. The maximum Gasteiger partial charge on any atom is 0.163 e. The van der Waals surface area contributed by atoms with Gasteiger partial charge in [-0.3, -0.25) is 4.68 Å². The van der Waals surface area contributed by atoms with Crippen LogP contribution < -0.4 is 5.32 Å². The van der Waals surface area contributed by atoms with E-state index in [0.717, 1.165) is 42.3 Å². The molecule has 1 saturated heterocycles. The first-order chi connectivity index (χ1) is 12.7. The van der Waals surface area contributed by atoms with E-state index in [1.807, 2.05) is 20.2 Å². The van der Waals surface area contributed by atoms with Gasteiger partial charge in [-0.25, -0.2) is 9.97 Å². The van der Waals surface area contributed by atoms with E-state index in [9.17, 15) is 0 Å². The van der Waals surface area contributed by atoms with Crippen molar-refractivity contribution in [3.05, 3.63) is 47.9 Å². The van der Waals surface area contributed by atoms with Crippen molar-refractivity contribution in [2.24, 2.45) is 7.05 Å². The lowest BCUT2D eigenvalue weighted by atomic mass is 9.91. The Bertz CT molecular complexity index is 873. The standard InChI is InChI=1S/C20H26N6/c1-15-23-19(18-13-22-25(2)20(18)24-15)21-10-12-26-11-6-9-17(14-26)16-7-4-3-5-8-16/h3-5,7-8,13,17H,6,9-12,14H2,1-2H3,(H,21,23,24)/t17-/m1/s1. The van der Waals surface area contributed by atoms with E-state index in [-0.39, 0.29) is 0 Å². The third kappa shape index (κ3) is 3.55. The Morgan fingerprint density at radius 1 is 1.19 bits per heavy atom. The minimum Gasteiger partial charge on any atom is -0.368 e. The molecule has 1 aliphatic rings. The van der Waals surface area contributed by atoms with Gasteiger partial charge in [0.2, 0.25) is 0 Å². The number of aryl methyl sites for hydroxylation is 2. The molecule has 0 aliphatic carbocycles. The fourth-order valence-electron chi connectivity index (χ4n) is 3.85. The van der Waals surface area contributed by atoms with Crippen molar-refractivity contribution in [1.29, 1.82) is 0 Å². The lowest BCUT2D eigenvalue weighted by Crippen LogP contribution is -2.37. The first-order valence-corrected chi connectivity index (χ1v) is 9.38. The minimum absolute atomic E-state index is 0.649. The van der Waals surface area contributed by atoms with Crippen molar-refractivity contribution in [3.63, 3.8) is 0 Å². The van der Waals surface area contributed by atoms with Gasteiger partial charge >= 0.3 is 0 Å². The van der Waals surface area contributed by atoms with Gasteiger partial charge < -0.3 is 10.2 Å². The lowest BCUT2D eigenvalue weighted by Gasteiger charge is -2.33. The van der Waals surface area contributed by atoms with Crippen LogP contribution >= 0.6 is 0 Å². The zero-order valence-corrected chi connectivity index (χ0v) is 15.5. The number of likely N-dealkylation sites (tertiary alicyclic amines) is 1. The molecule has 3 heterocycles. The molecule has 6 nitrogen and oxygen atoms in total. The first kappa shape index (κ1) is 17.0. The molecule has 1 N–H and O–H groups in total. The molecule has 0 amide bonds. The molecule has 0 spiro atoms. The van der Waals surface area contributed by atoms with Crippen LogP contribution in [0.5, 0.6) is 0 Å². The normalized spacial score (nSPS) is 18.3. The van der Waals surface area contributed by atoms with Crippen LogP contribution in [0, 0.1) is 6.92 Å². The summed E-state index contributed by atoms with van der Waals surface area (Å²) in [4.78, 5) is 11.6. The summed E-state index contributed by atoms with van der Waals surface area (Å²) in [5, 5.41) is 8.79. The van der Waals surface area contributed by atoms with Crippen LogP contribution in [0.3, 0.4) is 0 Å². The largest absolute Gasteiger partial charge is 0.368 e. The number of rotatable bonds is 5. The molecule has 0 saturated carbocycles. The van der Waals surface area contributed by atoms with E-state index in [4.69, 9.17) is 0 Å². The molecule has 0 unspecified atom stereocenters. The lowest BCUT2D eigenvalue weighted by molar-refractivity contribution is 0.215. The van der Waals surface area contributed by atoms with Gasteiger partial charge in [0.25, 0.3) is 0 Å². The predicted octanol–water partition coefficient (Wildman–Crippen LogP) is 2.96. The van der Waals surface area contributed by atoms with E-state index in [1.54, 1.807) is 4.68 Å². The second-order valence-electron chi connectivity index (χ2n) is 7.10. The SMILES string of the molecule is Cc1nc(NCCN2CCC[C@@H](c3ccccc3)C2)c2cnn(C)c2n1. The predicted molar refractivity (Wildman–Crippen MR) is 104 cm³/mol. The smallest absolute Gasteiger partial charge is 0.163 e. The molecule has 3 aromatic rings. The van der Waals surface area contributed by atoms with Gasteiger partial charge in [-0.05, 0) is 37.8 Å². The van der Waals surface area contributed by atoms with Gasteiger partial charge in [0.05, 0.1) is 11.6 Å². The number of nitrogens with one attached hydrogen (secondary N) is 1. The van der Waals surface area contributed by atoms with Crippen molar-refractivity contribution in [1.82, 2.24) is 24.6 Å². The first-order valence-electron chi connectivity index (χ1n) is 9.38. The molecule has 26 heavy (non-hydrogen) atoms. The summed E-state index contributed by atoms with van der Waals surface area (Å²) in [5.74, 6) is 2.30. The maximum atomic E-state index is 4.57. The molecular weight excluding hydrogens is 324 g/mol. The third-order valence-electron chi connectivity index (χ3n) is 5.20. The summed E-state index contributed by atoms with van der Waals surface area (Å²) in [5.41, 5.74) is 2.34. The van der Waals surface area contributed by atoms with Crippen molar-refractivity contribution >= 4 is 16.9 Å². The molecule has 6 heteroatoms. The van der Waals surface area contributed by atoms with Gasteiger partial charge in [-0.1, -0.05) is 30.3 Å². The van der Waals surface area contributed by atoms with Crippen molar-refractivity contribution < 1.29 is 0 Å². The quantitative estimate of drug-likeness (QED) is 0.767. The fraction of sp³-hybridized carbons (Fsp3) is 0.450. The van der Waals surface area contributed by atoms with Crippen LogP contribution in [0.1, 0.15) is 30.1 Å². The zero-order chi connectivity index (χ0) is 17.9. The summed E-state index contributed by atoms with van der Waals surface area (Å²) in [6.45, 7) is 6.13. The highest BCUT2D eigenvalue weighted by molar-refractivity contribution is 5.86. The van der Waals surface area contributed by atoms with Crippen LogP contribution in [0.25, 0.3) is 11.0 Å². The van der Waals surface area contributed by atoms with Gasteiger partial charge in [0.15, 0.2) is 5.65 Å². The molecule has 0 radical (unpaired) electrons. The summed E-state index contributed by atoms with van der Waals surface area (Å²) >= 11 is 0. The second kappa shape index (κ2) is 7.41. The average Bonchev–Trinajstić information content (AvgIpc) is 3.04. The number of hydrogen-bond acceptors (Lipinski definition) is 5. The summed E-state index contributed by atoms with van der Waals surface area (Å²) in [6, 6.07) is 10.9. The highest BCUT2D eigenvalue weighted by Crippen LogP contribution is 2.26. The number of benzene rings is 1. The summed E-state index contributed by atoms with van der Waals surface area (Å²) < 4.78 is 1.80. The molecule has 4 rings (SSSR count). The van der Waals surface area contributed by atoms with E-state index in [0.29, 0.717) is 5.92 Å². The molecular formula is C20H26N6. The molecule has 1 aromatic carbocycles. The Hall–Kier alpha value is -2.47. The summed E-state index contributed by atoms with van der Waals surface area (Å²) in [7, 11) is 1.91. The van der Waals surface area contributed by atoms with E-state index < -0.39 is 0 Å². The Kier molecular flexibility index (Phi) is 4.84. The van der Waals surface area contributed by atoms with E-state index in [1.165, 1.54) is 24.9 Å². The molecule has 1 fully saturated rings. The maximum absolute atomic E-state index is 4.57. The number of fused-ring (bicyclic) bond motifs is 1. The number of aromatic nitrogens is 4. The number of nitrogens with zero attached hydrogens (tertiary/aromatic N) is 5. The number of anilines is 1. The van der Waals surface area contributed by atoms with E-state index >= 15 is 0 Å². The monoisotopic (exact) mass is 350 g/mol. The van der Waals surface area contributed by atoms with Crippen molar-refractivity contribution in [2.75, 3.05) is 31.5 Å². The van der Waals surface area contributed by atoms with Gasteiger partial charge in [-0.2, -0.15) is 5.10 Å². The molecule has 1 atom stereocenters. The number of hydrogen-bond donors (Lipinski definition) is 1. The third-order valence-corrected chi connectivity index (χ3v) is 5.20. The van der Waals surface area contributed by atoms with E-state index in [2.05, 4.69) is 55.6 Å². The van der Waals surface area contributed by atoms with Gasteiger partial charge in [0, 0.05) is 26.7 Å². The Morgan fingerprint density at radius 3 is 2.88 bits per heavy atom. The molecule has 1 aliphatic heterocycles. The zero-order valence-electron chi connectivity index (χ0n) is 15.5. The van der Waals surface area contributed by atoms with Crippen LogP contribution in [0.2, 0.25) is 0 Å². The topological polar surface area (TPSA) is 58.9 Å². The number of piperidine rings is 1. The average molecular weight is 350 g/mol. The van der Waals surface area contributed by atoms with Crippen LogP contribution in [0.4, 0.5) is 5.82 Å². The van der Waals surface area contributed by atoms with Gasteiger partial charge in [0.1, 0.15) is 11.6 Å². The van der Waals surface area contributed by atoms with Crippen LogP contribution in [-0.4, -0.2) is 50.8 Å².